The Morgan fingerprint density at radius 2 is 1.93 bits per heavy atom. The molecule has 0 unspecified atom stereocenters. The summed E-state index contributed by atoms with van der Waals surface area (Å²) in [5, 5.41) is 2.75. The summed E-state index contributed by atoms with van der Waals surface area (Å²) in [6, 6.07) is 7.91. The smallest absolute Gasteiger partial charge is 0.338 e. The molecular weight excluding hydrogens is 378 g/mol. The summed E-state index contributed by atoms with van der Waals surface area (Å²) in [5.41, 5.74) is 2.01. The van der Waals surface area contributed by atoms with Crippen molar-refractivity contribution in [3.05, 3.63) is 47.0 Å². The van der Waals surface area contributed by atoms with Gasteiger partial charge in [0, 0.05) is 11.3 Å². The number of ether oxygens (including phenoxy) is 4. The van der Waals surface area contributed by atoms with E-state index in [1.54, 1.807) is 25.1 Å². The second-order valence-electron chi connectivity index (χ2n) is 6.71. The normalized spacial score (nSPS) is 16.6. The number of amides is 1. The Morgan fingerprint density at radius 1 is 1.14 bits per heavy atom. The summed E-state index contributed by atoms with van der Waals surface area (Å²) >= 11 is 0. The summed E-state index contributed by atoms with van der Waals surface area (Å²) in [6.45, 7) is 2.10. The number of carbonyl (C=O) groups is 3. The van der Waals surface area contributed by atoms with Crippen LogP contribution in [0, 0.1) is 0 Å². The van der Waals surface area contributed by atoms with Crippen LogP contribution in [0.1, 0.15) is 39.1 Å². The first-order valence-corrected chi connectivity index (χ1v) is 9.10. The monoisotopic (exact) mass is 397 g/mol. The van der Waals surface area contributed by atoms with Crippen LogP contribution in [0.3, 0.4) is 0 Å². The summed E-state index contributed by atoms with van der Waals surface area (Å²) in [7, 11) is 1.46. The molecular formula is C21H19NO7. The molecule has 1 amide bonds. The van der Waals surface area contributed by atoms with E-state index in [2.05, 4.69) is 5.32 Å². The second-order valence-corrected chi connectivity index (χ2v) is 6.71. The van der Waals surface area contributed by atoms with Gasteiger partial charge in [-0.1, -0.05) is 0 Å². The topological polar surface area (TPSA) is 100 Å². The Bertz CT molecular complexity index is 997. The van der Waals surface area contributed by atoms with Gasteiger partial charge in [-0.05, 0) is 42.8 Å². The third-order valence-corrected chi connectivity index (χ3v) is 4.89. The fraction of sp³-hybridized carbons (Fsp3) is 0.286. The highest BCUT2D eigenvalue weighted by Crippen LogP contribution is 2.40. The van der Waals surface area contributed by atoms with Gasteiger partial charge in [0.2, 0.25) is 11.7 Å². The molecule has 2 aliphatic rings. The van der Waals surface area contributed by atoms with Gasteiger partial charge in [0.25, 0.3) is 0 Å². The highest BCUT2D eigenvalue weighted by Gasteiger charge is 2.27. The van der Waals surface area contributed by atoms with Gasteiger partial charge < -0.3 is 24.3 Å². The van der Waals surface area contributed by atoms with Crippen LogP contribution >= 0.6 is 0 Å². The van der Waals surface area contributed by atoms with Crippen LogP contribution in [0.4, 0.5) is 5.69 Å². The Labute approximate surface area is 166 Å². The average molecular weight is 397 g/mol. The van der Waals surface area contributed by atoms with Crippen molar-refractivity contribution in [2.45, 2.75) is 12.8 Å². The SMILES string of the molecule is COc1cc(C(=O)OCC(=O)c2ccc3c(c2)[C@@H](C)C(=O)N3)cc2c1OCCO2. The van der Waals surface area contributed by atoms with Gasteiger partial charge in [-0.25, -0.2) is 4.79 Å². The standard InChI is InChI=1S/C21H19NO7/c1-11-14-7-12(3-4-15(14)22-20(11)24)16(23)10-29-21(25)13-8-17(26-2)19-18(9-13)27-5-6-28-19/h3-4,7-9,11H,5-6,10H2,1-2H3,(H,22,24)/t11-/m1/s1. The van der Waals surface area contributed by atoms with E-state index in [0.29, 0.717) is 41.7 Å². The average Bonchev–Trinajstić information content (AvgIpc) is 3.03. The minimum absolute atomic E-state index is 0.108. The zero-order chi connectivity index (χ0) is 20.5. The predicted octanol–water partition coefficient (Wildman–Crippen LogP) is 2.56. The molecule has 2 aliphatic heterocycles. The van der Waals surface area contributed by atoms with E-state index in [9.17, 15) is 14.4 Å². The molecule has 2 aromatic carbocycles. The molecule has 4 rings (SSSR count). The van der Waals surface area contributed by atoms with Crippen LogP contribution in [0.15, 0.2) is 30.3 Å². The number of ketones is 1. The van der Waals surface area contributed by atoms with E-state index >= 15 is 0 Å². The van der Waals surface area contributed by atoms with Gasteiger partial charge in [0.05, 0.1) is 18.6 Å². The van der Waals surface area contributed by atoms with Gasteiger partial charge in [-0.15, -0.1) is 0 Å². The number of esters is 1. The molecule has 1 N–H and O–H groups in total. The molecule has 29 heavy (non-hydrogen) atoms. The number of nitrogens with one attached hydrogen (secondary N) is 1. The summed E-state index contributed by atoms with van der Waals surface area (Å²) in [4.78, 5) is 36.7. The van der Waals surface area contributed by atoms with Crippen molar-refractivity contribution >= 4 is 23.3 Å². The quantitative estimate of drug-likeness (QED) is 0.611. The maximum absolute atomic E-state index is 12.5. The van der Waals surface area contributed by atoms with E-state index in [1.165, 1.54) is 19.2 Å². The van der Waals surface area contributed by atoms with E-state index in [0.717, 1.165) is 5.56 Å². The van der Waals surface area contributed by atoms with E-state index in [-0.39, 0.29) is 23.2 Å². The molecule has 0 aromatic heterocycles. The first-order valence-electron chi connectivity index (χ1n) is 9.10. The number of hydrogen-bond donors (Lipinski definition) is 1. The van der Waals surface area contributed by atoms with Gasteiger partial charge in [-0.2, -0.15) is 0 Å². The van der Waals surface area contributed by atoms with Crippen LogP contribution in [-0.4, -0.2) is 44.6 Å². The molecule has 0 saturated carbocycles. The molecule has 1 atom stereocenters. The number of benzene rings is 2. The van der Waals surface area contributed by atoms with Crippen molar-refractivity contribution in [1.82, 2.24) is 0 Å². The van der Waals surface area contributed by atoms with Crippen LogP contribution in [0.25, 0.3) is 0 Å². The first kappa shape index (κ1) is 18.8. The lowest BCUT2D eigenvalue weighted by atomic mass is 9.99. The van der Waals surface area contributed by atoms with E-state index < -0.39 is 12.6 Å². The number of carbonyl (C=O) groups excluding carboxylic acids is 3. The fourth-order valence-corrected chi connectivity index (χ4v) is 3.28. The number of rotatable bonds is 5. The van der Waals surface area contributed by atoms with Crippen LogP contribution in [-0.2, 0) is 9.53 Å². The fourth-order valence-electron chi connectivity index (χ4n) is 3.28. The number of hydrogen-bond acceptors (Lipinski definition) is 7. The van der Waals surface area contributed by atoms with Gasteiger partial charge in [0.15, 0.2) is 23.9 Å². The molecule has 8 nitrogen and oxygen atoms in total. The van der Waals surface area contributed by atoms with E-state index in [1.807, 2.05) is 0 Å². The largest absolute Gasteiger partial charge is 0.493 e. The zero-order valence-corrected chi connectivity index (χ0v) is 15.9. The Morgan fingerprint density at radius 3 is 2.72 bits per heavy atom. The summed E-state index contributed by atoms with van der Waals surface area (Å²) in [5.74, 6) is -0.308. The van der Waals surface area contributed by atoms with Crippen molar-refractivity contribution in [2.75, 3.05) is 32.2 Å². The second kappa shape index (κ2) is 7.46. The predicted molar refractivity (Wildman–Crippen MR) is 102 cm³/mol. The van der Waals surface area contributed by atoms with Gasteiger partial charge >= 0.3 is 5.97 Å². The molecule has 0 spiro atoms. The van der Waals surface area contributed by atoms with Crippen molar-refractivity contribution in [1.29, 1.82) is 0 Å². The van der Waals surface area contributed by atoms with Crippen LogP contribution in [0.5, 0.6) is 17.2 Å². The molecule has 8 heteroatoms. The summed E-state index contributed by atoms with van der Waals surface area (Å²) < 4.78 is 21.4. The Balaban J connectivity index is 1.46. The lowest BCUT2D eigenvalue weighted by Gasteiger charge is -2.21. The highest BCUT2D eigenvalue weighted by molar-refractivity contribution is 6.05. The molecule has 0 fully saturated rings. The van der Waals surface area contributed by atoms with Crippen molar-refractivity contribution < 1.29 is 33.3 Å². The lowest BCUT2D eigenvalue weighted by molar-refractivity contribution is -0.116. The van der Waals surface area contributed by atoms with Gasteiger partial charge in [-0.3, -0.25) is 9.59 Å². The van der Waals surface area contributed by atoms with Gasteiger partial charge in [0.1, 0.15) is 13.2 Å². The molecule has 0 aliphatic carbocycles. The van der Waals surface area contributed by atoms with Crippen molar-refractivity contribution in [3.63, 3.8) is 0 Å². The summed E-state index contributed by atoms with van der Waals surface area (Å²) in [6.07, 6.45) is 0. The van der Waals surface area contributed by atoms with E-state index in [4.69, 9.17) is 18.9 Å². The third kappa shape index (κ3) is 3.49. The number of anilines is 1. The number of Topliss-reactive ketones (excluding diaryl/α,β-unsaturated/α-hetero) is 1. The van der Waals surface area contributed by atoms with Crippen LogP contribution < -0.4 is 19.5 Å². The maximum Gasteiger partial charge on any atom is 0.338 e. The number of methoxy groups -OCH3 is 1. The molecule has 0 bridgehead atoms. The lowest BCUT2D eigenvalue weighted by Crippen LogP contribution is -2.18. The highest BCUT2D eigenvalue weighted by atomic mass is 16.6. The minimum atomic E-state index is -0.681. The Hall–Kier alpha value is -3.55. The zero-order valence-electron chi connectivity index (χ0n) is 15.9. The third-order valence-electron chi connectivity index (χ3n) is 4.89. The molecule has 2 heterocycles. The van der Waals surface area contributed by atoms with Crippen LogP contribution in [0.2, 0.25) is 0 Å². The van der Waals surface area contributed by atoms with Crippen molar-refractivity contribution in [3.8, 4) is 17.2 Å². The maximum atomic E-state index is 12.5. The molecule has 150 valence electrons. The Kier molecular flexibility index (Phi) is 4.84. The minimum Gasteiger partial charge on any atom is -0.493 e. The molecule has 0 radical (unpaired) electrons. The molecule has 2 aromatic rings. The van der Waals surface area contributed by atoms with Crippen molar-refractivity contribution in [2.24, 2.45) is 0 Å². The number of fused-ring (bicyclic) bond motifs is 2. The first-order chi connectivity index (χ1) is 14.0. The molecule has 0 saturated heterocycles.